The van der Waals surface area contributed by atoms with Gasteiger partial charge in [0.05, 0.1) is 6.61 Å². The molecule has 0 heterocycles. The molecule has 0 aliphatic heterocycles. The molecule has 4 nitrogen and oxygen atoms in total. The van der Waals surface area contributed by atoms with Gasteiger partial charge < -0.3 is 9.84 Å². The fourth-order valence-electron chi connectivity index (χ4n) is 2.09. The van der Waals surface area contributed by atoms with Gasteiger partial charge in [-0.2, -0.15) is 0 Å². The number of methoxy groups -OCH3 is 1. The molecular weight excluding hydrogens is 218 g/mol. The number of nitrogens with zero attached hydrogens (tertiary/aromatic N) is 1. The highest BCUT2D eigenvalue weighted by atomic mass is 16.5. The second kappa shape index (κ2) is 6.77. The Balaban J connectivity index is 2.52. The van der Waals surface area contributed by atoms with Crippen molar-refractivity contribution >= 4 is 5.97 Å². The van der Waals surface area contributed by atoms with Crippen LogP contribution in [-0.4, -0.2) is 48.8 Å². The van der Waals surface area contributed by atoms with Crippen LogP contribution in [0, 0.1) is 5.92 Å². The second-order valence-corrected chi connectivity index (χ2v) is 4.87. The summed E-state index contributed by atoms with van der Waals surface area (Å²) in [6.07, 6.45) is 3.89. The van der Waals surface area contributed by atoms with Gasteiger partial charge in [-0.05, 0) is 32.6 Å². The van der Waals surface area contributed by atoms with E-state index in [-0.39, 0.29) is 0 Å². The van der Waals surface area contributed by atoms with Gasteiger partial charge in [-0.3, -0.25) is 4.90 Å². The Morgan fingerprint density at radius 2 is 2.24 bits per heavy atom. The van der Waals surface area contributed by atoms with Crippen LogP contribution in [0.3, 0.4) is 0 Å². The first-order valence-electron chi connectivity index (χ1n) is 6.17. The average Bonchev–Trinajstić information content (AvgIpc) is 3.05. The molecule has 98 valence electrons. The van der Waals surface area contributed by atoms with Crippen molar-refractivity contribution in [3.63, 3.8) is 0 Å². The standard InChI is InChI=1S/C13H23NO3/c1-10(8-13(15)16)9-14(6-7-17-3)11(2)12-4-5-12/h8,11-12H,4-7,9H2,1-3H3,(H,15,16). The third-order valence-electron chi connectivity index (χ3n) is 3.29. The maximum absolute atomic E-state index is 10.6. The molecule has 0 bridgehead atoms. The lowest BCUT2D eigenvalue weighted by molar-refractivity contribution is -0.131. The number of carboxylic acids is 1. The highest BCUT2D eigenvalue weighted by Crippen LogP contribution is 2.35. The quantitative estimate of drug-likeness (QED) is 0.658. The molecule has 0 radical (unpaired) electrons. The maximum atomic E-state index is 10.6. The number of carboxylic acid groups (broad SMARTS) is 1. The van der Waals surface area contributed by atoms with Crippen molar-refractivity contribution in [2.75, 3.05) is 26.8 Å². The van der Waals surface area contributed by atoms with Crippen molar-refractivity contribution < 1.29 is 14.6 Å². The first-order valence-corrected chi connectivity index (χ1v) is 6.17. The molecular formula is C13H23NO3. The van der Waals surface area contributed by atoms with Crippen LogP contribution in [-0.2, 0) is 9.53 Å². The van der Waals surface area contributed by atoms with Crippen LogP contribution in [0.5, 0.6) is 0 Å². The smallest absolute Gasteiger partial charge is 0.328 e. The summed E-state index contributed by atoms with van der Waals surface area (Å²) in [5.74, 6) is -0.0854. The minimum Gasteiger partial charge on any atom is -0.478 e. The van der Waals surface area contributed by atoms with Crippen molar-refractivity contribution in [3.05, 3.63) is 11.6 Å². The number of aliphatic carboxylic acids is 1. The summed E-state index contributed by atoms with van der Waals surface area (Å²) >= 11 is 0. The van der Waals surface area contributed by atoms with E-state index in [4.69, 9.17) is 9.84 Å². The molecule has 0 amide bonds. The highest BCUT2D eigenvalue weighted by molar-refractivity contribution is 5.80. The van der Waals surface area contributed by atoms with Crippen molar-refractivity contribution in [1.82, 2.24) is 4.90 Å². The van der Waals surface area contributed by atoms with E-state index >= 15 is 0 Å². The molecule has 0 aromatic carbocycles. The summed E-state index contributed by atoms with van der Waals surface area (Å²) < 4.78 is 5.11. The second-order valence-electron chi connectivity index (χ2n) is 4.87. The van der Waals surface area contributed by atoms with E-state index < -0.39 is 5.97 Å². The Morgan fingerprint density at radius 3 is 2.71 bits per heavy atom. The van der Waals surface area contributed by atoms with E-state index in [1.165, 1.54) is 18.9 Å². The SMILES string of the molecule is COCCN(CC(C)=CC(=O)O)C(C)C1CC1. The molecule has 0 saturated heterocycles. The molecule has 1 fully saturated rings. The minimum atomic E-state index is -0.867. The van der Waals surface area contributed by atoms with Crippen molar-refractivity contribution in [3.8, 4) is 0 Å². The zero-order valence-corrected chi connectivity index (χ0v) is 11.0. The fourth-order valence-corrected chi connectivity index (χ4v) is 2.09. The van der Waals surface area contributed by atoms with Gasteiger partial charge in [-0.1, -0.05) is 5.57 Å². The molecule has 0 aromatic heterocycles. The molecule has 1 aliphatic rings. The summed E-state index contributed by atoms with van der Waals surface area (Å²) in [5, 5.41) is 8.71. The van der Waals surface area contributed by atoms with Crippen LogP contribution in [0.25, 0.3) is 0 Å². The van der Waals surface area contributed by atoms with Gasteiger partial charge >= 0.3 is 5.97 Å². The molecule has 0 aromatic rings. The molecule has 1 unspecified atom stereocenters. The predicted octanol–water partition coefficient (Wildman–Crippen LogP) is 1.76. The monoisotopic (exact) mass is 241 g/mol. The first-order chi connectivity index (χ1) is 8.04. The Hall–Kier alpha value is -0.870. The average molecular weight is 241 g/mol. The van der Waals surface area contributed by atoms with Crippen LogP contribution in [0.2, 0.25) is 0 Å². The lowest BCUT2D eigenvalue weighted by Gasteiger charge is -2.29. The van der Waals surface area contributed by atoms with E-state index in [1.54, 1.807) is 7.11 Å². The molecule has 17 heavy (non-hydrogen) atoms. The number of hydrogen-bond donors (Lipinski definition) is 1. The van der Waals surface area contributed by atoms with Crippen LogP contribution < -0.4 is 0 Å². The van der Waals surface area contributed by atoms with E-state index in [9.17, 15) is 4.79 Å². The lowest BCUT2D eigenvalue weighted by atomic mass is 10.1. The van der Waals surface area contributed by atoms with E-state index in [2.05, 4.69) is 11.8 Å². The summed E-state index contributed by atoms with van der Waals surface area (Å²) in [7, 11) is 1.69. The van der Waals surface area contributed by atoms with E-state index in [0.717, 1.165) is 18.0 Å². The molecule has 1 N–H and O–H groups in total. The van der Waals surface area contributed by atoms with Gasteiger partial charge in [0.15, 0.2) is 0 Å². The molecule has 1 saturated carbocycles. The van der Waals surface area contributed by atoms with Gasteiger partial charge in [0.2, 0.25) is 0 Å². The number of carbonyl (C=O) groups is 1. The van der Waals surface area contributed by atoms with Crippen LogP contribution in [0.15, 0.2) is 11.6 Å². The molecule has 1 atom stereocenters. The third-order valence-corrected chi connectivity index (χ3v) is 3.29. The molecule has 1 rings (SSSR count). The van der Waals surface area contributed by atoms with E-state index in [0.29, 0.717) is 19.2 Å². The Kier molecular flexibility index (Phi) is 5.65. The molecule has 0 spiro atoms. The third kappa shape index (κ3) is 5.33. The van der Waals surface area contributed by atoms with Gasteiger partial charge in [-0.25, -0.2) is 4.79 Å². The van der Waals surface area contributed by atoms with Crippen molar-refractivity contribution in [2.24, 2.45) is 5.92 Å². The van der Waals surface area contributed by atoms with Crippen LogP contribution in [0.4, 0.5) is 0 Å². The predicted molar refractivity (Wildman–Crippen MR) is 67.0 cm³/mol. The van der Waals surface area contributed by atoms with Gasteiger partial charge in [0, 0.05) is 32.3 Å². The Labute approximate surface area is 103 Å². The van der Waals surface area contributed by atoms with Gasteiger partial charge in [0.1, 0.15) is 0 Å². The Morgan fingerprint density at radius 1 is 1.59 bits per heavy atom. The van der Waals surface area contributed by atoms with E-state index in [1.807, 2.05) is 6.92 Å². The van der Waals surface area contributed by atoms with Gasteiger partial charge in [0.25, 0.3) is 0 Å². The summed E-state index contributed by atoms with van der Waals surface area (Å²) in [5.41, 5.74) is 0.890. The number of ether oxygens (including phenoxy) is 1. The van der Waals surface area contributed by atoms with Crippen LogP contribution >= 0.6 is 0 Å². The number of rotatable bonds is 8. The fraction of sp³-hybridized carbons (Fsp3) is 0.769. The zero-order chi connectivity index (χ0) is 12.8. The lowest BCUT2D eigenvalue weighted by Crippen LogP contribution is -2.38. The normalized spacial score (nSPS) is 18.5. The molecule has 4 heteroatoms. The van der Waals surface area contributed by atoms with Crippen LogP contribution in [0.1, 0.15) is 26.7 Å². The first kappa shape index (κ1) is 14.2. The summed E-state index contributed by atoms with van der Waals surface area (Å²) in [4.78, 5) is 12.9. The zero-order valence-electron chi connectivity index (χ0n) is 11.0. The highest BCUT2D eigenvalue weighted by Gasteiger charge is 2.31. The van der Waals surface area contributed by atoms with Gasteiger partial charge in [-0.15, -0.1) is 0 Å². The number of hydrogen-bond acceptors (Lipinski definition) is 3. The van der Waals surface area contributed by atoms with Crippen molar-refractivity contribution in [2.45, 2.75) is 32.7 Å². The minimum absolute atomic E-state index is 0.516. The molecule has 1 aliphatic carbocycles. The Bertz CT molecular complexity index is 284. The van der Waals surface area contributed by atoms with Crippen molar-refractivity contribution in [1.29, 1.82) is 0 Å². The largest absolute Gasteiger partial charge is 0.478 e. The summed E-state index contributed by atoms with van der Waals surface area (Å²) in [6, 6.07) is 0.516. The maximum Gasteiger partial charge on any atom is 0.328 e. The topological polar surface area (TPSA) is 49.8 Å². The summed E-state index contributed by atoms with van der Waals surface area (Å²) in [6.45, 7) is 6.36.